The van der Waals surface area contributed by atoms with Crippen LogP contribution in [0.15, 0.2) is 0 Å². The zero-order valence-electron chi connectivity index (χ0n) is 9.55. The summed E-state index contributed by atoms with van der Waals surface area (Å²) in [6.45, 7) is 6.33. The zero-order chi connectivity index (χ0) is 12.1. The summed E-state index contributed by atoms with van der Waals surface area (Å²) in [4.78, 5) is 32.7. The summed E-state index contributed by atoms with van der Waals surface area (Å²) in [6.07, 6.45) is -0.810. The van der Waals surface area contributed by atoms with Crippen LogP contribution in [0.1, 0.15) is 34.1 Å². The van der Waals surface area contributed by atoms with Crippen molar-refractivity contribution in [3.05, 3.63) is 0 Å². The Labute approximate surface area is 89.2 Å². The van der Waals surface area contributed by atoms with Gasteiger partial charge in [0.25, 0.3) is 0 Å². The van der Waals surface area contributed by atoms with Gasteiger partial charge in [-0.15, -0.1) is 0 Å². The van der Waals surface area contributed by atoms with Gasteiger partial charge >= 0.3 is 6.09 Å². The van der Waals surface area contributed by atoms with Crippen molar-refractivity contribution >= 4 is 17.7 Å². The van der Waals surface area contributed by atoms with Gasteiger partial charge in [-0.25, -0.2) is 4.79 Å². The highest BCUT2D eigenvalue weighted by atomic mass is 16.6. The first-order valence-electron chi connectivity index (χ1n) is 4.68. The van der Waals surface area contributed by atoms with Gasteiger partial charge in [0.15, 0.2) is 5.78 Å². The van der Waals surface area contributed by atoms with Gasteiger partial charge in [-0.2, -0.15) is 0 Å². The van der Waals surface area contributed by atoms with Crippen LogP contribution in [0.5, 0.6) is 0 Å². The molecule has 15 heavy (non-hydrogen) atoms. The number of ether oxygens (including phenoxy) is 1. The van der Waals surface area contributed by atoms with Crippen LogP contribution >= 0.6 is 0 Å². The summed E-state index contributed by atoms with van der Waals surface area (Å²) in [5.74, 6) is -0.542. The predicted octanol–water partition coefficient (Wildman–Crippen LogP) is 1.06. The maximum Gasteiger partial charge on any atom is 0.408 e. The molecule has 0 unspecified atom stereocenters. The predicted molar refractivity (Wildman–Crippen MR) is 54.5 cm³/mol. The molecule has 1 N–H and O–H groups in total. The first-order chi connectivity index (χ1) is 6.70. The van der Waals surface area contributed by atoms with E-state index in [4.69, 9.17) is 4.74 Å². The Morgan fingerprint density at radius 3 is 2.13 bits per heavy atom. The molecule has 0 aromatic heterocycles. The smallest absolute Gasteiger partial charge is 0.408 e. The van der Waals surface area contributed by atoms with Crippen LogP contribution in [-0.2, 0) is 14.3 Å². The topological polar surface area (TPSA) is 72.5 Å². The number of amides is 1. The molecule has 0 heterocycles. The van der Waals surface area contributed by atoms with Crippen molar-refractivity contribution in [1.82, 2.24) is 5.32 Å². The highest BCUT2D eigenvalue weighted by molar-refractivity contribution is 5.99. The SMILES string of the molecule is CC(=O)CC(=O)CNC(=O)OC(C)(C)C. The van der Waals surface area contributed by atoms with Crippen LogP contribution in [0.2, 0.25) is 0 Å². The molecule has 0 saturated heterocycles. The van der Waals surface area contributed by atoms with Crippen molar-refractivity contribution in [3.63, 3.8) is 0 Å². The van der Waals surface area contributed by atoms with Crippen LogP contribution in [0.25, 0.3) is 0 Å². The molecule has 0 aromatic rings. The number of alkyl carbamates (subject to hydrolysis) is 1. The van der Waals surface area contributed by atoms with E-state index in [0.29, 0.717) is 0 Å². The number of nitrogens with one attached hydrogen (secondary N) is 1. The Bertz CT molecular complexity index is 265. The van der Waals surface area contributed by atoms with Crippen LogP contribution in [0.4, 0.5) is 4.79 Å². The van der Waals surface area contributed by atoms with E-state index < -0.39 is 11.7 Å². The van der Waals surface area contributed by atoms with Gasteiger partial charge in [0.2, 0.25) is 0 Å². The van der Waals surface area contributed by atoms with Crippen LogP contribution in [0.3, 0.4) is 0 Å². The highest BCUT2D eigenvalue weighted by Crippen LogP contribution is 2.06. The number of hydrogen-bond acceptors (Lipinski definition) is 4. The molecule has 0 spiro atoms. The molecule has 1 amide bonds. The average Bonchev–Trinajstić information content (AvgIpc) is 1.96. The molecule has 5 nitrogen and oxygen atoms in total. The van der Waals surface area contributed by atoms with E-state index in [9.17, 15) is 14.4 Å². The largest absolute Gasteiger partial charge is 0.444 e. The number of rotatable bonds is 4. The Morgan fingerprint density at radius 2 is 1.73 bits per heavy atom. The van der Waals surface area contributed by atoms with E-state index in [-0.39, 0.29) is 24.5 Å². The van der Waals surface area contributed by atoms with Gasteiger partial charge in [-0.1, -0.05) is 0 Å². The lowest BCUT2D eigenvalue weighted by atomic mass is 10.2. The van der Waals surface area contributed by atoms with E-state index >= 15 is 0 Å². The molecule has 0 saturated carbocycles. The molecule has 0 aromatic carbocycles. The lowest BCUT2D eigenvalue weighted by Gasteiger charge is -2.19. The van der Waals surface area contributed by atoms with Gasteiger partial charge in [0, 0.05) is 0 Å². The maximum atomic E-state index is 11.1. The van der Waals surface area contributed by atoms with Crippen molar-refractivity contribution in [2.75, 3.05) is 6.54 Å². The summed E-state index contributed by atoms with van der Waals surface area (Å²) in [6, 6.07) is 0. The van der Waals surface area contributed by atoms with Gasteiger partial charge in [0.1, 0.15) is 11.4 Å². The fourth-order valence-electron chi connectivity index (χ4n) is 0.825. The molecule has 0 fully saturated rings. The van der Waals surface area contributed by atoms with E-state index in [1.54, 1.807) is 20.8 Å². The van der Waals surface area contributed by atoms with Crippen LogP contribution in [0, 0.1) is 0 Å². The average molecular weight is 215 g/mol. The van der Waals surface area contributed by atoms with Crippen LogP contribution in [-0.4, -0.2) is 29.8 Å². The highest BCUT2D eigenvalue weighted by Gasteiger charge is 2.16. The molecule has 0 radical (unpaired) electrons. The molecule has 0 aliphatic carbocycles. The Morgan fingerprint density at radius 1 is 1.20 bits per heavy atom. The minimum atomic E-state index is -0.653. The van der Waals surface area contributed by atoms with E-state index in [1.165, 1.54) is 6.92 Å². The van der Waals surface area contributed by atoms with Crippen LogP contribution < -0.4 is 5.32 Å². The van der Waals surface area contributed by atoms with Crippen molar-refractivity contribution in [2.24, 2.45) is 0 Å². The van der Waals surface area contributed by atoms with Crippen molar-refractivity contribution in [3.8, 4) is 0 Å². The number of Topliss-reactive ketones (excluding diaryl/α,β-unsaturated/α-hetero) is 2. The zero-order valence-corrected chi connectivity index (χ0v) is 9.55. The van der Waals surface area contributed by atoms with E-state index in [2.05, 4.69) is 5.32 Å². The van der Waals surface area contributed by atoms with Crippen molar-refractivity contribution in [1.29, 1.82) is 0 Å². The van der Waals surface area contributed by atoms with Gasteiger partial charge in [-0.3, -0.25) is 9.59 Å². The molecule has 0 aliphatic heterocycles. The molecular weight excluding hydrogens is 198 g/mol. The lowest BCUT2D eigenvalue weighted by molar-refractivity contribution is -0.125. The second-order valence-electron chi connectivity index (χ2n) is 4.27. The molecule has 0 bridgehead atoms. The molecule has 86 valence electrons. The molecular formula is C10H17NO4. The number of ketones is 2. The third-order valence-corrected chi connectivity index (χ3v) is 1.27. The molecule has 5 heteroatoms. The summed E-state index contributed by atoms with van der Waals surface area (Å²) in [7, 11) is 0. The normalized spacial score (nSPS) is 10.7. The lowest BCUT2D eigenvalue weighted by Crippen LogP contribution is -2.35. The van der Waals surface area contributed by atoms with Crippen molar-refractivity contribution in [2.45, 2.75) is 39.7 Å². The summed E-state index contributed by atoms with van der Waals surface area (Å²) in [5.41, 5.74) is -0.590. The van der Waals surface area contributed by atoms with Crippen molar-refractivity contribution < 1.29 is 19.1 Å². The van der Waals surface area contributed by atoms with Gasteiger partial charge in [-0.05, 0) is 27.7 Å². The Hall–Kier alpha value is -1.39. The maximum absolute atomic E-state index is 11.1. The fraction of sp³-hybridized carbons (Fsp3) is 0.700. The van der Waals surface area contributed by atoms with E-state index in [1.807, 2.05) is 0 Å². The fourth-order valence-corrected chi connectivity index (χ4v) is 0.825. The first-order valence-corrected chi connectivity index (χ1v) is 4.68. The second kappa shape index (κ2) is 5.48. The van der Waals surface area contributed by atoms with Gasteiger partial charge in [0.05, 0.1) is 13.0 Å². The molecule has 0 aliphatic rings. The number of carbonyl (C=O) groups excluding carboxylic acids is 3. The summed E-state index contributed by atoms with van der Waals surface area (Å²) < 4.78 is 4.91. The summed E-state index contributed by atoms with van der Waals surface area (Å²) >= 11 is 0. The summed E-state index contributed by atoms with van der Waals surface area (Å²) in [5, 5.41) is 2.28. The van der Waals surface area contributed by atoms with E-state index in [0.717, 1.165) is 0 Å². The standard InChI is InChI=1S/C10H17NO4/c1-7(12)5-8(13)6-11-9(14)15-10(2,3)4/h5-6H2,1-4H3,(H,11,14). The first kappa shape index (κ1) is 13.6. The Kier molecular flexibility index (Phi) is 4.97. The quantitative estimate of drug-likeness (QED) is 0.712. The number of carbonyl (C=O) groups is 3. The monoisotopic (exact) mass is 215 g/mol. The number of hydrogen-bond donors (Lipinski definition) is 1. The Balaban J connectivity index is 3.82. The third-order valence-electron chi connectivity index (χ3n) is 1.27. The molecule has 0 rings (SSSR count). The molecule has 0 atom stereocenters. The minimum Gasteiger partial charge on any atom is -0.444 e. The van der Waals surface area contributed by atoms with Gasteiger partial charge < -0.3 is 10.1 Å². The minimum absolute atomic E-state index is 0.157. The third kappa shape index (κ3) is 8.93. The second-order valence-corrected chi connectivity index (χ2v) is 4.27.